The molecule has 0 radical (unpaired) electrons. The van der Waals surface area contributed by atoms with Gasteiger partial charge in [-0.25, -0.2) is 21.9 Å². The summed E-state index contributed by atoms with van der Waals surface area (Å²) in [5, 5.41) is 0. The lowest BCUT2D eigenvalue weighted by Crippen LogP contribution is -2.28. The number of methoxy groups -OCH3 is 2. The maximum absolute atomic E-state index is 13.9. The Labute approximate surface area is 145 Å². The van der Waals surface area contributed by atoms with E-state index < -0.39 is 27.7 Å². The average molecular weight is 371 g/mol. The van der Waals surface area contributed by atoms with E-state index in [-0.39, 0.29) is 16.2 Å². The molecule has 2 aromatic rings. The van der Waals surface area contributed by atoms with E-state index in [4.69, 9.17) is 9.47 Å². The molecule has 0 aromatic heterocycles. The Hall–Kier alpha value is -2.19. The second-order valence-electron chi connectivity index (χ2n) is 5.48. The van der Waals surface area contributed by atoms with Crippen molar-refractivity contribution in [1.29, 1.82) is 0 Å². The highest BCUT2D eigenvalue weighted by atomic mass is 32.2. The molecule has 0 heterocycles. The molecule has 0 saturated heterocycles. The molecule has 1 unspecified atom stereocenters. The number of hydrogen-bond acceptors (Lipinski definition) is 4. The van der Waals surface area contributed by atoms with Crippen LogP contribution < -0.4 is 14.2 Å². The van der Waals surface area contributed by atoms with Gasteiger partial charge in [-0.05, 0) is 31.5 Å². The lowest BCUT2D eigenvalue weighted by Gasteiger charge is -2.18. The average Bonchev–Trinajstić information content (AvgIpc) is 2.53. The van der Waals surface area contributed by atoms with Gasteiger partial charge in [-0.3, -0.25) is 0 Å². The molecule has 1 atom stereocenters. The van der Waals surface area contributed by atoms with E-state index in [9.17, 15) is 17.2 Å². The number of hydrogen-bond donors (Lipinski definition) is 1. The van der Waals surface area contributed by atoms with Crippen LogP contribution in [0.25, 0.3) is 0 Å². The van der Waals surface area contributed by atoms with Crippen molar-refractivity contribution in [2.45, 2.75) is 24.8 Å². The van der Waals surface area contributed by atoms with Gasteiger partial charge in [0.05, 0.1) is 19.1 Å². The summed E-state index contributed by atoms with van der Waals surface area (Å²) < 4.78 is 64.9. The summed E-state index contributed by atoms with van der Waals surface area (Å²) in [5.74, 6) is -0.892. The van der Waals surface area contributed by atoms with Gasteiger partial charge in [-0.2, -0.15) is 0 Å². The van der Waals surface area contributed by atoms with Crippen molar-refractivity contribution in [2.75, 3.05) is 14.2 Å². The smallest absolute Gasteiger partial charge is 0.241 e. The summed E-state index contributed by atoms with van der Waals surface area (Å²) in [5.41, 5.74) is 0.486. The Morgan fingerprint density at radius 1 is 1.04 bits per heavy atom. The third-order valence-electron chi connectivity index (χ3n) is 3.73. The van der Waals surface area contributed by atoms with Crippen LogP contribution in [0.3, 0.4) is 0 Å². The zero-order valence-corrected chi connectivity index (χ0v) is 15.1. The van der Waals surface area contributed by atoms with Crippen molar-refractivity contribution in [3.05, 3.63) is 53.1 Å². The molecular weight excluding hydrogens is 352 g/mol. The van der Waals surface area contributed by atoms with Gasteiger partial charge in [-0.1, -0.05) is 6.07 Å². The zero-order valence-electron chi connectivity index (χ0n) is 14.3. The Morgan fingerprint density at radius 2 is 1.64 bits per heavy atom. The molecule has 0 aliphatic heterocycles. The quantitative estimate of drug-likeness (QED) is 0.846. The van der Waals surface area contributed by atoms with Crippen LogP contribution in [0.1, 0.15) is 24.1 Å². The molecule has 2 rings (SSSR count). The molecule has 0 aliphatic rings. The molecule has 0 spiro atoms. The molecule has 1 N–H and O–H groups in total. The SMILES string of the molecule is COc1cc(C)c(S(=O)(=O)NC(C)c2ccc(F)cc2F)cc1OC. The van der Waals surface area contributed by atoms with Gasteiger partial charge in [0.15, 0.2) is 11.5 Å². The minimum Gasteiger partial charge on any atom is -0.493 e. The Kier molecular flexibility index (Phi) is 5.64. The number of ether oxygens (including phenoxy) is 2. The van der Waals surface area contributed by atoms with E-state index in [2.05, 4.69) is 4.72 Å². The summed E-state index contributed by atoms with van der Waals surface area (Å²) in [6, 6.07) is 4.98. The number of aryl methyl sites for hydroxylation is 1. The van der Waals surface area contributed by atoms with Gasteiger partial charge in [0.1, 0.15) is 11.6 Å². The highest BCUT2D eigenvalue weighted by Gasteiger charge is 2.24. The summed E-state index contributed by atoms with van der Waals surface area (Å²) in [7, 11) is -1.12. The standard InChI is InChI=1S/C17H19F2NO4S/c1-10-7-15(23-3)16(24-4)9-17(10)25(21,22)20-11(2)13-6-5-12(18)8-14(13)19/h5-9,11,20H,1-4H3. The second-order valence-corrected chi connectivity index (χ2v) is 7.16. The van der Waals surface area contributed by atoms with Gasteiger partial charge in [-0.15, -0.1) is 0 Å². The highest BCUT2D eigenvalue weighted by Crippen LogP contribution is 2.33. The first-order chi connectivity index (χ1) is 11.7. The van der Waals surface area contributed by atoms with Crippen molar-refractivity contribution >= 4 is 10.0 Å². The summed E-state index contributed by atoms with van der Waals surface area (Å²) in [6.07, 6.45) is 0. The number of halogens is 2. The predicted molar refractivity (Wildman–Crippen MR) is 89.4 cm³/mol. The van der Waals surface area contributed by atoms with Gasteiger partial charge in [0.2, 0.25) is 10.0 Å². The minimum absolute atomic E-state index is 0.0143. The molecule has 25 heavy (non-hydrogen) atoms. The third kappa shape index (κ3) is 4.08. The zero-order chi connectivity index (χ0) is 18.8. The van der Waals surface area contributed by atoms with E-state index in [1.54, 1.807) is 6.92 Å². The topological polar surface area (TPSA) is 64.6 Å². The monoisotopic (exact) mass is 371 g/mol. The maximum Gasteiger partial charge on any atom is 0.241 e. The summed E-state index contributed by atoms with van der Waals surface area (Å²) >= 11 is 0. The Bertz CT molecular complexity index is 884. The normalized spacial score (nSPS) is 12.7. The fourth-order valence-corrected chi connectivity index (χ4v) is 3.93. The summed E-state index contributed by atoms with van der Waals surface area (Å²) in [4.78, 5) is -0.0143. The van der Waals surface area contributed by atoms with Crippen molar-refractivity contribution < 1.29 is 26.7 Å². The van der Waals surface area contributed by atoms with Gasteiger partial charge in [0.25, 0.3) is 0 Å². The maximum atomic E-state index is 13.9. The highest BCUT2D eigenvalue weighted by molar-refractivity contribution is 7.89. The van der Waals surface area contributed by atoms with Gasteiger partial charge in [0, 0.05) is 23.7 Å². The van der Waals surface area contributed by atoms with E-state index >= 15 is 0 Å². The number of nitrogens with one attached hydrogen (secondary N) is 1. The molecule has 8 heteroatoms. The van der Waals surface area contributed by atoms with Gasteiger partial charge < -0.3 is 9.47 Å². The second kappa shape index (κ2) is 7.37. The van der Waals surface area contributed by atoms with Crippen molar-refractivity contribution in [3.63, 3.8) is 0 Å². The Morgan fingerprint density at radius 3 is 2.20 bits per heavy atom. The molecule has 2 aromatic carbocycles. The molecule has 136 valence electrons. The van der Waals surface area contributed by atoms with Crippen molar-refractivity contribution in [2.24, 2.45) is 0 Å². The molecule has 0 fully saturated rings. The van der Waals surface area contributed by atoms with Gasteiger partial charge >= 0.3 is 0 Å². The van der Waals surface area contributed by atoms with Crippen LogP contribution in [-0.4, -0.2) is 22.6 Å². The molecule has 0 amide bonds. The van der Waals surface area contributed by atoms with Crippen molar-refractivity contribution in [3.8, 4) is 11.5 Å². The first-order valence-electron chi connectivity index (χ1n) is 7.39. The first-order valence-corrected chi connectivity index (χ1v) is 8.87. The molecule has 0 bridgehead atoms. The fraction of sp³-hybridized carbons (Fsp3) is 0.294. The molecule has 0 aliphatic carbocycles. The molecule has 5 nitrogen and oxygen atoms in total. The fourth-order valence-electron chi connectivity index (χ4n) is 2.46. The van der Waals surface area contributed by atoms with Crippen LogP contribution >= 0.6 is 0 Å². The van der Waals surface area contributed by atoms with E-state index in [0.717, 1.165) is 6.07 Å². The Balaban J connectivity index is 2.39. The largest absolute Gasteiger partial charge is 0.493 e. The van der Waals surface area contributed by atoms with E-state index in [1.165, 1.54) is 39.3 Å². The molecule has 0 saturated carbocycles. The van der Waals surface area contributed by atoms with E-state index in [0.29, 0.717) is 17.4 Å². The minimum atomic E-state index is -3.97. The lowest BCUT2D eigenvalue weighted by atomic mass is 10.1. The van der Waals surface area contributed by atoms with Crippen LogP contribution in [0.4, 0.5) is 8.78 Å². The van der Waals surface area contributed by atoms with Crippen LogP contribution in [0.2, 0.25) is 0 Å². The first kappa shape index (κ1) is 19.1. The van der Waals surface area contributed by atoms with Crippen LogP contribution in [-0.2, 0) is 10.0 Å². The van der Waals surface area contributed by atoms with Crippen LogP contribution in [0.5, 0.6) is 11.5 Å². The predicted octanol–water partition coefficient (Wildman–Crippen LogP) is 3.33. The number of sulfonamides is 1. The van der Waals surface area contributed by atoms with Crippen LogP contribution in [0, 0.1) is 18.6 Å². The van der Waals surface area contributed by atoms with Crippen molar-refractivity contribution in [1.82, 2.24) is 4.72 Å². The van der Waals surface area contributed by atoms with Crippen LogP contribution in [0.15, 0.2) is 35.2 Å². The summed E-state index contributed by atoms with van der Waals surface area (Å²) in [6.45, 7) is 3.09. The number of benzene rings is 2. The number of rotatable bonds is 6. The van der Waals surface area contributed by atoms with E-state index in [1.807, 2.05) is 0 Å². The third-order valence-corrected chi connectivity index (χ3v) is 5.41. The lowest BCUT2D eigenvalue weighted by molar-refractivity contribution is 0.353. The molecular formula is C17H19F2NO4S.